The highest BCUT2D eigenvalue weighted by Crippen LogP contribution is 2.23. The number of rotatable bonds is 6. The van der Waals surface area contributed by atoms with Crippen molar-refractivity contribution >= 4 is 37.6 Å². The third kappa shape index (κ3) is 4.52. The predicted molar refractivity (Wildman–Crippen MR) is 102 cm³/mol. The maximum Gasteiger partial charge on any atom is 0.339 e. The molecule has 3 rings (SSSR count). The standard InChI is InChI=1S/C17H15BrN4O4S/c1-26-17(23)15-7-14(4-5-16(15)18)27(24,25)21-13-9-20-22(11-13)10-12-3-2-6-19-8-12/h2-9,11,21H,10H2,1H3. The van der Waals surface area contributed by atoms with Crippen LogP contribution in [0.2, 0.25) is 0 Å². The van der Waals surface area contributed by atoms with Crippen LogP contribution in [-0.4, -0.2) is 36.3 Å². The second kappa shape index (κ2) is 7.89. The van der Waals surface area contributed by atoms with Gasteiger partial charge in [-0.3, -0.25) is 14.4 Å². The molecule has 0 spiro atoms. The summed E-state index contributed by atoms with van der Waals surface area (Å²) in [5, 5.41) is 4.14. The van der Waals surface area contributed by atoms with Gasteiger partial charge in [0.05, 0.1) is 36.0 Å². The number of benzene rings is 1. The second-order valence-electron chi connectivity index (χ2n) is 5.53. The van der Waals surface area contributed by atoms with Crippen molar-refractivity contribution in [3.63, 3.8) is 0 Å². The van der Waals surface area contributed by atoms with Crippen molar-refractivity contribution in [3.05, 3.63) is 70.7 Å². The number of esters is 1. The zero-order valence-corrected chi connectivity index (χ0v) is 16.6. The Morgan fingerprint density at radius 2 is 2.11 bits per heavy atom. The molecule has 0 aliphatic carbocycles. The first kappa shape index (κ1) is 19.1. The number of aromatic nitrogens is 3. The van der Waals surface area contributed by atoms with Gasteiger partial charge in [-0.15, -0.1) is 0 Å². The number of nitrogens with zero attached hydrogens (tertiary/aromatic N) is 3. The van der Waals surface area contributed by atoms with Gasteiger partial charge in [0.1, 0.15) is 0 Å². The fourth-order valence-corrected chi connectivity index (χ4v) is 3.80. The zero-order chi connectivity index (χ0) is 19.4. The van der Waals surface area contributed by atoms with E-state index in [1.54, 1.807) is 23.3 Å². The van der Waals surface area contributed by atoms with E-state index in [0.29, 0.717) is 16.7 Å². The minimum Gasteiger partial charge on any atom is -0.465 e. The van der Waals surface area contributed by atoms with E-state index in [0.717, 1.165) is 5.56 Å². The van der Waals surface area contributed by atoms with E-state index >= 15 is 0 Å². The maximum atomic E-state index is 12.6. The Kier molecular flexibility index (Phi) is 5.57. The molecule has 10 heteroatoms. The highest BCUT2D eigenvalue weighted by atomic mass is 79.9. The van der Waals surface area contributed by atoms with Crippen LogP contribution >= 0.6 is 15.9 Å². The molecule has 0 bridgehead atoms. The van der Waals surface area contributed by atoms with Crippen LogP contribution in [0, 0.1) is 0 Å². The van der Waals surface area contributed by atoms with Crippen LogP contribution in [0.4, 0.5) is 5.69 Å². The number of ether oxygens (including phenoxy) is 1. The minimum atomic E-state index is -3.90. The van der Waals surface area contributed by atoms with Gasteiger partial charge in [-0.1, -0.05) is 6.07 Å². The lowest BCUT2D eigenvalue weighted by Gasteiger charge is -2.08. The Hall–Kier alpha value is -2.72. The molecule has 0 fully saturated rings. The van der Waals surface area contributed by atoms with Gasteiger partial charge in [0.25, 0.3) is 10.0 Å². The smallest absolute Gasteiger partial charge is 0.339 e. The molecule has 0 aliphatic rings. The molecular weight excluding hydrogens is 436 g/mol. The second-order valence-corrected chi connectivity index (χ2v) is 8.06. The quantitative estimate of drug-likeness (QED) is 0.578. The van der Waals surface area contributed by atoms with Gasteiger partial charge in [-0.2, -0.15) is 5.10 Å². The monoisotopic (exact) mass is 450 g/mol. The van der Waals surface area contributed by atoms with Crippen LogP contribution in [0.25, 0.3) is 0 Å². The van der Waals surface area contributed by atoms with Crippen molar-refractivity contribution in [2.75, 3.05) is 11.8 Å². The summed E-state index contributed by atoms with van der Waals surface area (Å²) >= 11 is 3.21. The highest BCUT2D eigenvalue weighted by Gasteiger charge is 2.19. The topological polar surface area (TPSA) is 103 Å². The van der Waals surface area contributed by atoms with Gasteiger partial charge in [0, 0.05) is 23.1 Å². The summed E-state index contributed by atoms with van der Waals surface area (Å²) in [5.74, 6) is -0.636. The van der Waals surface area contributed by atoms with Crippen LogP contribution in [-0.2, 0) is 21.3 Å². The van der Waals surface area contributed by atoms with Gasteiger partial charge in [-0.25, -0.2) is 13.2 Å². The normalized spacial score (nSPS) is 11.2. The summed E-state index contributed by atoms with van der Waals surface area (Å²) in [7, 11) is -2.67. The average molecular weight is 451 g/mol. The van der Waals surface area contributed by atoms with E-state index in [2.05, 4.69) is 35.5 Å². The fourth-order valence-electron chi connectivity index (χ4n) is 2.33. The molecular formula is C17H15BrN4O4S. The van der Waals surface area contributed by atoms with Crippen LogP contribution in [0.5, 0.6) is 0 Å². The van der Waals surface area contributed by atoms with Crippen LogP contribution in [0.3, 0.4) is 0 Å². The van der Waals surface area contributed by atoms with E-state index in [9.17, 15) is 13.2 Å². The molecule has 27 heavy (non-hydrogen) atoms. The maximum absolute atomic E-state index is 12.6. The number of hydrogen-bond acceptors (Lipinski definition) is 6. The largest absolute Gasteiger partial charge is 0.465 e. The first-order chi connectivity index (χ1) is 12.9. The molecule has 0 aliphatic heterocycles. The lowest BCUT2D eigenvalue weighted by molar-refractivity contribution is 0.0599. The van der Waals surface area contributed by atoms with E-state index < -0.39 is 16.0 Å². The molecule has 2 aromatic heterocycles. The third-order valence-corrected chi connectivity index (χ3v) is 5.68. The van der Waals surface area contributed by atoms with Crippen molar-refractivity contribution in [2.45, 2.75) is 11.4 Å². The summed E-state index contributed by atoms with van der Waals surface area (Å²) in [6.07, 6.45) is 6.37. The number of carbonyl (C=O) groups excluding carboxylic acids is 1. The highest BCUT2D eigenvalue weighted by molar-refractivity contribution is 9.10. The summed E-state index contributed by atoms with van der Waals surface area (Å²) in [4.78, 5) is 15.7. The molecule has 0 saturated carbocycles. The molecule has 0 unspecified atom stereocenters. The Morgan fingerprint density at radius 3 is 2.81 bits per heavy atom. The van der Waals surface area contributed by atoms with Crippen molar-refractivity contribution in [3.8, 4) is 0 Å². The van der Waals surface area contributed by atoms with Crippen LogP contribution < -0.4 is 4.72 Å². The number of nitrogens with one attached hydrogen (secondary N) is 1. The zero-order valence-electron chi connectivity index (χ0n) is 14.2. The third-order valence-electron chi connectivity index (χ3n) is 3.61. The number of sulfonamides is 1. The SMILES string of the molecule is COC(=O)c1cc(S(=O)(=O)Nc2cnn(Cc3cccnc3)c2)ccc1Br. The van der Waals surface area contributed by atoms with Gasteiger partial charge >= 0.3 is 5.97 Å². The molecule has 0 radical (unpaired) electrons. The molecule has 1 aromatic carbocycles. The van der Waals surface area contributed by atoms with Gasteiger partial charge in [-0.05, 0) is 45.8 Å². The minimum absolute atomic E-state index is 0.0638. The first-order valence-corrected chi connectivity index (χ1v) is 9.99. The number of halogens is 1. The number of anilines is 1. The van der Waals surface area contributed by atoms with E-state index in [4.69, 9.17) is 0 Å². The number of carbonyl (C=O) groups is 1. The Morgan fingerprint density at radius 1 is 1.30 bits per heavy atom. The number of pyridine rings is 1. The molecule has 1 N–H and O–H groups in total. The van der Waals surface area contributed by atoms with Crippen molar-refractivity contribution in [1.29, 1.82) is 0 Å². The van der Waals surface area contributed by atoms with E-state index in [1.165, 1.54) is 31.5 Å². The molecule has 0 saturated heterocycles. The summed E-state index contributed by atoms with van der Waals surface area (Å²) in [5.41, 5.74) is 1.36. The van der Waals surface area contributed by atoms with Crippen molar-refractivity contribution < 1.29 is 17.9 Å². The first-order valence-electron chi connectivity index (χ1n) is 7.71. The van der Waals surface area contributed by atoms with Crippen LogP contribution in [0.1, 0.15) is 15.9 Å². The summed E-state index contributed by atoms with van der Waals surface area (Å²) in [6, 6.07) is 7.83. The predicted octanol–water partition coefficient (Wildman–Crippen LogP) is 2.68. The lowest BCUT2D eigenvalue weighted by Crippen LogP contribution is -2.14. The number of hydrogen-bond donors (Lipinski definition) is 1. The summed E-state index contributed by atoms with van der Waals surface area (Å²) < 4.78 is 34.4. The summed E-state index contributed by atoms with van der Waals surface area (Å²) in [6.45, 7) is 0.459. The van der Waals surface area contributed by atoms with Crippen LogP contribution in [0.15, 0.2) is 64.5 Å². The lowest BCUT2D eigenvalue weighted by atomic mass is 10.2. The Bertz CT molecular complexity index is 1070. The van der Waals surface area contributed by atoms with Gasteiger partial charge in [0.2, 0.25) is 0 Å². The van der Waals surface area contributed by atoms with Crippen molar-refractivity contribution in [1.82, 2.24) is 14.8 Å². The fraction of sp³-hybridized carbons (Fsp3) is 0.118. The van der Waals surface area contributed by atoms with E-state index in [-0.39, 0.29) is 10.5 Å². The Balaban J connectivity index is 1.80. The van der Waals surface area contributed by atoms with Crippen molar-refractivity contribution in [2.24, 2.45) is 0 Å². The van der Waals surface area contributed by atoms with Gasteiger partial charge in [0.15, 0.2) is 0 Å². The Labute approximate surface area is 164 Å². The molecule has 8 nitrogen and oxygen atoms in total. The molecule has 0 atom stereocenters. The van der Waals surface area contributed by atoms with Gasteiger partial charge < -0.3 is 4.74 Å². The molecule has 0 amide bonds. The molecule has 3 aromatic rings. The molecule has 140 valence electrons. The number of methoxy groups -OCH3 is 1. The van der Waals surface area contributed by atoms with E-state index in [1.807, 2.05) is 12.1 Å². The average Bonchev–Trinajstić information content (AvgIpc) is 3.08. The molecule has 2 heterocycles.